The van der Waals surface area contributed by atoms with Crippen LogP contribution in [0, 0.1) is 24.0 Å². The maximum Gasteiger partial charge on any atom is 0.319 e. The van der Waals surface area contributed by atoms with E-state index in [9.17, 15) is 23.7 Å². The van der Waals surface area contributed by atoms with Gasteiger partial charge in [-0.2, -0.15) is 5.10 Å². The number of nitrogens with zero attached hydrogens (tertiary/aromatic N) is 6. The van der Waals surface area contributed by atoms with Gasteiger partial charge in [-0.3, -0.25) is 24.9 Å². The van der Waals surface area contributed by atoms with Gasteiger partial charge >= 0.3 is 5.69 Å². The minimum Gasteiger partial charge on any atom is -0.292 e. The van der Waals surface area contributed by atoms with E-state index in [4.69, 9.17) is 0 Å². The molecule has 0 atom stereocenters. The van der Waals surface area contributed by atoms with Crippen molar-refractivity contribution in [2.75, 3.05) is 5.32 Å². The molecule has 29 heavy (non-hydrogen) atoms. The van der Waals surface area contributed by atoms with Gasteiger partial charge in [0.05, 0.1) is 11.5 Å². The monoisotopic (exact) mass is 405 g/mol. The molecule has 0 aliphatic rings. The summed E-state index contributed by atoms with van der Waals surface area (Å²) in [5.41, 5.74) is 0.210. The lowest BCUT2D eigenvalue weighted by Crippen LogP contribution is -2.21. The van der Waals surface area contributed by atoms with Gasteiger partial charge in [-0.15, -0.1) is 5.10 Å². The van der Waals surface area contributed by atoms with E-state index in [-0.39, 0.29) is 11.6 Å². The van der Waals surface area contributed by atoms with Crippen LogP contribution in [0.5, 0.6) is 0 Å². The molecule has 1 aromatic carbocycles. The van der Waals surface area contributed by atoms with E-state index < -0.39 is 35.2 Å². The van der Waals surface area contributed by atoms with Crippen LogP contribution < -0.4 is 5.32 Å². The van der Waals surface area contributed by atoms with Gasteiger partial charge in [-0.05, 0) is 25.0 Å². The van der Waals surface area contributed by atoms with Gasteiger partial charge in [0.2, 0.25) is 17.5 Å². The summed E-state index contributed by atoms with van der Waals surface area (Å²) in [5, 5.41) is 21.1. The van der Waals surface area contributed by atoms with Crippen molar-refractivity contribution in [3.05, 3.63) is 63.2 Å². The molecule has 2 heterocycles. The van der Waals surface area contributed by atoms with Crippen LogP contribution in [-0.2, 0) is 17.9 Å². The molecule has 3 aromatic rings. The first-order valence-electron chi connectivity index (χ1n) is 8.50. The van der Waals surface area contributed by atoms with Gasteiger partial charge in [0, 0.05) is 0 Å². The molecule has 0 unspecified atom stereocenters. The molecule has 152 valence electrons. The van der Waals surface area contributed by atoms with Crippen LogP contribution in [0.25, 0.3) is 0 Å². The lowest BCUT2D eigenvalue weighted by molar-refractivity contribution is -0.386. The first-order chi connectivity index (χ1) is 13.8. The summed E-state index contributed by atoms with van der Waals surface area (Å²) in [7, 11) is 0. The molecule has 12 heteroatoms. The molecular formula is C17H17F2N7O3. The lowest BCUT2D eigenvalue weighted by atomic mass is 10.1. The number of anilines is 1. The van der Waals surface area contributed by atoms with Crippen molar-refractivity contribution in [1.29, 1.82) is 0 Å². The highest BCUT2D eigenvalue weighted by atomic mass is 19.3. The Morgan fingerprint density at radius 1 is 1.28 bits per heavy atom. The average molecular weight is 405 g/mol. The standard InChI is InChI=1S/C17H17F2N7O3/c1-10-5-3-4-6-12(10)7-24-9-20-17(23-24)21-13(27)8-25-11(2)15(26(28)29)14(22-25)16(18)19/h3-6,9,16H,7-8H2,1-2H3,(H,21,23,27). The second-order valence-corrected chi connectivity index (χ2v) is 6.28. The molecule has 3 rings (SSSR count). The van der Waals surface area contributed by atoms with Gasteiger partial charge < -0.3 is 0 Å². The highest BCUT2D eigenvalue weighted by molar-refractivity contribution is 5.88. The van der Waals surface area contributed by atoms with Crippen molar-refractivity contribution in [3.8, 4) is 0 Å². The number of rotatable bonds is 7. The molecule has 0 saturated carbocycles. The predicted molar refractivity (Wildman–Crippen MR) is 97.5 cm³/mol. The van der Waals surface area contributed by atoms with E-state index in [0.717, 1.165) is 15.8 Å². The van der Waals surface area contributed by atoms with Crippen molar-refractivity contribution >= 4 is 17.5 Å². The summed E-state index contributed by atoms with van der Waals surface area (Å²) in [4.78, 5) is 26.3. The number of amides is 1. The Bertz CT molecular complexity index is 1060. The van der Waals surface area contributed by atoms with E-state index in [1.807, 2.05) is 31.2 Å². The summed E-state index contributed by atoms with van der Waals surface area (Å²) in [6, 6.07) is 7.74. The maximum atomic E-state index is 13.0. The molecule has 0 radical (unpaired) electrons. The van der Waals surface area contributed by atoms with Crippen LogP contribution in [-0.4, -0.2) is 35.4 Å². The minimum atomic E-state index is -3.13. The van der Waals surface area contributed by atoms with Gasteiger partial charge in [0.15, 0.2) is 0 Å². The number of hydrogen-bond acceptors (Lipinski definition) is 6. The molecule has 0 saturated heterocycles. The van der Waals surface area contributed by atoms with E-state index in [1.165, 1.54) is 17.9 Å². The molecule has 10 nitrogen and oxygen atoms in total. The Hall–Kier alpha value is -3.70. The Morgan fingerprint density at radius 3 is 2.62 bits per heavy atom. The van der Waals surface area contributed by atoms with E-state index in [0.29, 0.717) is 6.54 Å². The van der Waals surface area contributed by atoms with E-state index in [1.54, 1.807) is 0 Å². The zero-order chi connectivity index (χ0) is 21.1. The van der Waals surface area contributed by atoms with Gasteiger partial charge in [0.1, 0.15) is 18.6 Å². The molecule has 0 aliphatic heterocycles. The SMILES string of the molecule is Cc1ccccc1Cn1cnc(NC(=O)Cn2nc(C(F)F)c([N+](=O)[O-])c2C)n1. The first-order valence-corrected chi connectivity index (χ1v) is 8.50. The maximum absolute atomic E-state index is 13.0. The van der Waals surface area contributed by atoms with E-state index in [2.05, 4.69) is 20.5 Å². The number of alkyl halides is 2. The zero-order valence-corrected chi connectivity index (χ0v) is 15.5. The number of nitro groups is 1. The molecule has 1 N–H and O–H groups in total. The molecule has 1 amide bonds. The summed E-state index contributed by atoms with van der Waals surface area (Å²) in [5.74, 6) is -0.628. The second kappa shape index (κ2) is 8.12. The third kappa shape index (κ3) is 4.42. The van der Waals surface area contributed by atoms with Crippen molar-refractivity contribution in [1.82, 2.24) is 24.5 Å². The molecule has 0 bridgehead atoms. The highest BCUT2D eigenvalue weighted by Gasteiger charge is 2.31. The van der Waals surface area contributed by atoms with Crippen molar-refractivity contribution < 1.29 is 18.5 Å². The Kier molecular flexibility index (Phi) is 5.61. The minimum absolute atomic E-state index is 0.0250. The number of hydrogen-bond donors (Lipinski definition) is 1. The summed E-state index contributed by atoms with van der Waals surface area (Å²) in [6.07, 6.45) is -1.68. The normalized spacial score (nSPS) is 11.1. The smallest absolute Gasteiger partial charge is 0.292 e. The van der Waals surface area contributed by atoms with Crippen LogP contribution in [0.3, 0.4) is 0 Å². The third-order valence-electron chi connectivity index (χ3n) is 4.26. The second-order valence-electron chi connectivity index (χ2n) is 6.28. The van der Waals surface area contributed by atoms with Crippen molar-refractivity contribution in [2.45, 2.75) is 33.4 Å². The third-order valence-corrected chi connectivity index (χ3v) is 4.26. The Balaban J connectivity index is 1.69. The van der Waals surface area contributed by atoms with Crippen molar-refractivity contribution in [2.24, 2.45) is 0 Å². The topological polar surface area (TPSA) is 121 Å². The highest BCUT2D eigenvalue weighted by Crippen LogP contribution is 2.30. The fourth-order valence-electron chi connectivity index (χ4n) is 2.78. The van der Waals surface area contributed by atoms with E-state index >= 15 is 0 Å². The number of halogens is 2. The van der Waals surface area contributed by atoms with Crippen LogP contribution in [0.2, 0.25) is 0 Å². The van der Waals surface area contributed by atoms with Crippen molar-refractivity contribution in [3.63, 3.8) is 0 Å². The molecular weight excluding hydrogens is 388 g/mol. The van der Waals surface area contributed by atoms with Gasteiger partial charge in [-0.1, -0.05) is 24.3 Å². The largest absolute Gasteiger partial charge is 0.319 e. The molecule has 0 spiro atoms. The molecule has 0 fully saturated rings. The van der Waals surface area contributed by atoms with Crippen LogP contribution in [0.1, 0.15) is 28.9 Å². The number of carbonyl (C=O) groups is 1. The van der Waals surface area contributed by atoms with Crippen LogP contribution in [0.15, 0.2) is 30.6 Å². The average Bonchev–Trinajstić information content (AvgIpc) is 3.21. The lowest BCUT2D eigenvalue weighted by Gasteiger charge is -2.05. The zero-order valence-electron chi connectivity index (χ0n) is 15.5. The fraction of sp³-hybridized carbons (Fsp3) is 0.294. The number of aromatic nitrogens is 5. The predicted octanol–water partition coefficient (Wildman–Crippen LogP) is 2.62. The first kappa shape index (κ1) is 20.0. The number of carbonyl (C=O) groups excluding carboxylic acids is 1. The number of aryl methyl sites for hydroxylation is 1. The summed E-state index contributed by atoms with van der Waals surface area (Å²) < 4.78 is 28.3. The van der Waals surface area contributed by atoms with Crippen LogP contribution >= 0.6 is 0 Å². The molecule has 2 aromatic heterocycles. The fourth-order valence-corrected chi connectivity index (χ4v) is 2.78. The number of nitrogens with one attached hydrogen (secondary N) is 1. The van der Waals surface area contributed by atoms with Gasteiger partial charge in [-0.25, -0.2) is 18.4 Å². The number of benzene rings is 1. The van der Waals surface area contributed by atoms with Gasteiger partial charge in [0.25, 0.3) is 6.43 Å². The Morgan fingerprint density at radius 2 is 2.00 bits per heavy atom. The van der Waals surface area contributed by atoms with Crippen LogP contribution in [0.4, 0.5) is 20.4 Å². The summed E-state index contributed by atoms with van der Waals surface area (Å²) in [6.45, 7) is 3.18. The Labute approximate surface area is 163 Å². The molecule has 0 aliphatic carbocycles. The quantitative estimate of drug-likeness (QED) is 0.476. The summed E-state index contributed by atoms with van der Waals surface area (Å²) >= 11 is 0.